The lowest BCUT2D eigenvalue weighted by Gasteiger charge is -2.19. The highest BCUT2D eigenvalue weighted by Crippen LogP contribution is 2.23. The first-order valence-electron chi connectivity index (χ1n) is 8.82. The first-order valence-corrected chi connectivity index (χ1v) is 8.82. The van der Waals surface area contributed by atoms with E-state index in [1.807, 2.05) is 55.5 Å². The van der Waals surface area contributed by atoms with Crippen LogP contribution in [0.1, 0.15) is 32.2 Å². The molecule has 140 valence electrons. The zero-order chi connectivity index (χ0) is 19.4. The fourth-order valence-corrected chi connectivity index (χ4v) is 2.66. The molecule has 0 saturated carbocycles. The molecule has 7 nitrogen and oxygen atoms in total. The normalized spacial score (nSPS) is 11.3. The summed E-state index contributed by atoms with van der Waals surface area (Å²) in [5, 5.41) is 17.5. The van der Waals surface area contributed by atoms with E-state index in [9.17, 15) is 4.79 Å². The van der Waals surface area contributed by atoms with Gasteiger partial charge in [-0.25, -0.2) is 0 Å². The molecule has 0 radical (unpaired) electrons. The average molecular weight is 364 g/mol. The molecule has 1 aromatic heterocycles. The van der Waals surface area contributed by atoms with Gasteiger partial charge in [0.25, 0.3) is 0 Å². The highest BCUT2D eigenvalue weighted by Gasteiger charge is 2.13. The number of hydrogen-bond acceptors (Lipinski definition) is 5. The molecular weight excluding hydrogens is 340 g/mol. The second-order valence-corrected chi connectivity index (χ2v) is 7.42. The molecule has 2 N–H and O–H groups in total. The van der Waals surface area contributed by atoms with Gasteiger partial charge >= 0.3 is 0 Å². The Labute approximate surface area is 158 Å². The molecule has 0 aliphatic heterocycles. The minimum Gasteiger partial charge on any atom is -0.376 e. The van der Waals surface area contributed by atoms with E-state index in [0.29, 0.717) is 5.82 Å². The lowest BCUT2D eigenvalue weighted by atomic mass is 9.87. The molecule has 0 bridgehead atoms. The van der Waals surface area contributed by atoms with Gasteiger partial charge in [-0.15, -0.1) is 5.10 Å². The number of carbonyl (C=O) groups is 1. The van der Waals surface area contributed by atoms with Crippen molar-refractivity contribution in [1.29, 1.82) is 0 Å². The standard InChI is InChI=1S/C20H24N6O/c1-14-23-24-25-26(14)18-7-5-6-17(12-18)21-13-19(27)22-16-10-8-15(9-11-16)20(2,3)4/h5-12,21H,13H2,1-4H3,(H,22,27). The summed E-state index contributed by atoms with van der Waals surface area (Å²) < 4.78 is 1.64. The van der Waals surface area contributed by atoms with Gasteiger partial charge in [0.1, 0.15) is 0 Å². The lowest BCUT2D eigenvalue weighted by Crippen LogP contribution is -2.22. The Morgan fingerprint density at radius 3 is 2.44 bits per heavy atom. The highest BCUT2D eigenvalue weighted by molar-refractivity contribution is 5.93. The molecule has 0 unspecified atom stereocenters. The highest BCUT2D eigenvalue weighted by atomic mass is 16.1. The average Bonchev–Trinajstić information content (AvgIpc) is 3.06. The van der Waals surface area contributed by atoms with Crippen LogP contribution < -0.4 is 10.6 Å². The molecule has 0 atom stereocenters. The number of hydrogen-bond donors (Lipinski definition) is 2. The second-order valence-electron chi connectivity index (χ2n) is 7.42. The van der Waals surface area contributed by atoms with Crippen molar-refractivity contribution in [1.82, 2.24) is 20.2 Å². The Bertz CT molecular complexity index is 924. The zero-order valence-electron chi connectivity index (χ0n) is 16.0. The van der Waals surface area contributed by atoms with Gasteiger partial charge in [-0.05, 0) is 58.7 Å². The smallest absolute Gasteiger partial charge is 0.243 e. The molecule has 7 heteroatoms. The number of tetrazole rings is 1. The third kappa shape index (κ3) is 4.69. The number of anilines is 2. The van der Waals surface area contributed by atoms with Gasteiger partial charge in [-0.1, -0.05) is 39.0 Å². The molecule has 0 saturated heterocycles. The van der Waals surface area contributed by atoms with E-state index in [4.69, 9.17) is 0 Å². The van der Waals surface area contributed by atoms with Crippen LogP contribution in [-0.2, 0) is 10.2 Å². The third-order valence-electron chi connectivity index (χ3n) is 4.20. The van der Waals surface area contributed by atoms with Crippen LogP contribution in [0.4, 0.5) is 11.4 Å². The van der Waals surface area contributed by atoms with Crippen molar-refractivity contribution >= 4 is 17.3 Å². The van der Waals surface area contributed by atoms with E-state index in [1.165, 1.54) is 5.56 Å². The van der Waals surface area contributed by atoms with Crippen molar-refractivity contribution in [3.8, 4) is 5.69 Å². The SMILES string of the molecule is Cc1nnnn1-c1cccc(NCC(=O)Nc2ccc(C(C)(C)C)cc2)c1. The number of nitrogens with zero attached hydrogens (tertiary/aromatic N) is 4. The van der Waals surface area contributed by atoms with E-state index in [2.05, 4.69) is 46.9 Å². The first kappa shape index (κ1) is 18.6. The number of rotatable bonds is 5. The molecule has 1 amide bonds. The van der Waals surface area contributed by atoms with Crippen LogP contribution in [0.5, 0.6) is 0 Å². The van der Waals surface area contributed by atoms with Crippen molar-refractivity contribution in [2.75, 3.05) is 17.2 Å². The van der Waals surface area contributed by atoms with Crippen molar-refractivity contribution in [2.24, 2.45) is 0 Å². The van der Waals surface area contributed by atoms with Crippen molar-refractivity contribution < 1.29 is 4.79 Å². The molecule has 0 aliphatic rings. The number of carbonyl (C=O) groups excluding carboxylic acids is 1. The minimum atomic E-state index is -0.109. The fraction of sp³-hybridized carbons (Fsp3) is 0.300. The van der Waals surface area contributed by atoms with Crippen LogP contribution >= 0.6 is 0 Å². The van der Waals surface area contributed by atoms with Crippen LogP contribution in [0, 0.1) is 6.92 Å². The molecule has 0 spiro atoms. The number of amides is 1. The summed E-state index contributed by atoms with van der Waals surface area (Å²) in [6.07, 6.45) is 0. The monoisotopic (exact) mass is 364 g/mol. The van der Waals surface area contributed by atoms with E-state index in [0.717, 1.165) is 17.1 Å². The van der Waals surface area contributed by atoms with Crippen LogP contribution in [-0.4, -0.2) is 32.7 Å². The summed E-state index contributed by atoms with van der Waals surface area (Å²) in [5.74, 6) is 0.589. The lowest BCUT2D eigenvalue weighted by molar-refractivity contribution is -0.114. The zero-order valence-corrected chi connectivity index (χ0v) is 16.0. The number of nitrogens with one attached hydrogen (secondary N) is 2. The second kappa shape index (κ2) is 7.57. The van der Waals surface area contributed by atoms with Gasteiger partial charge in [0.2, 0.25) is 5.91 Å². The Morgan fingerprint density at radius 2 is 1.81 bits per heavy atom. The van der Waals surface area contributed by atoms with Gasteiger partial charge in [-0.3, -0.25) is 4.79 Å². The summed E-state index contributed by atoms with van der Waals surface area (Å²) in [6, 6.07) is 15.5. The number of benzene rings is 2. The van der Waals surface area contributed by atoms with Crippen LogP contribution in [0.25, 0.3) is 5.69 Å². The minimum absolute atomic E-state index is 0.0904. The maximum atomic E-state index is 12.2. The Kier molecular flexibility index (Phi) is 5.21. The third-order valence-corrected chi connectivity index (χ3v) is 4.20. The molecule has 0 fully saturated rings. The molecule has 2 aromatic carbocycles. The predicted molar refractivity (Wildman–Crippen MR) is 106 cm³/mol. The van der Waals surface area contributed by atoms with Crippen molar-refractivity contribution in [3.05, 3.63) is 59.9 Å². The maximum absolute atomic E-state index is 12.2. The first-order chi connectivity index (χ1) is 12.8. The van der Waals surface area contributed by atoms with E-state index in [-0.39, 0.29) is 17.9 Å². The van der Waals surface area contributed by atoms with Gasteiger partial charge in [0, 0.05) is 11.4 Å². The molecule has 1 heterocycles. The molecule has 3 aromatic rings. The Morgan fingerprint density at radius 1 is 1.07 bits per heavy atom. The summed E-state index contributed by atoms with van der Waals surface area (Å²) in [6.45, 7) is 8.48. The van der Waals surface area contributed by atoms with Crippen molar-refractivity contribution in [2.45, 2.75) is 33.1 Å². The number of aromatic nitrogens is 4. The fourth-order valence-electron chi connectivity index (χ4n) is 2.66. The maximum Gasteiger partial charge on any atom is 0.243 e. The van der Waals surface area contributed by atoms with E-state index >= 15 is 0 Å². The van der Waals surface area contributed by atoms with Crippen LogP contribution in [0.3, 0.4) is 0 Å². The summed E-state index contributed by atoms with van der Waals surface area (Å²) in [4.78, 5) is 12.2. The largest absolute Gasteiger partial charge is 0.376 e. The molecule has 3 rings (SSSR count). The quantitative estimate of drug-likeness (QED) is 0.725. The van der Waals surface area contributed by atoms with E-state index < -0.39 is 0 Å². The molecule has 0 aliphatic carbocycles. The molecular formula is C20H24N6O. The predicted octanol–water partition coefficient (Wildman–Crippen LogP) is 3.32. The number of aryl methyl sites for hydroxylation is 1. The summed E-state index contributed by atoms with van der Waals surface area (Å²) >= 11 is 0. The van der Waals surface area contributed by atoms with Gasteiger partial charge < -0.3 is 10.6 Å². The summed E-state index contributed by atoms with van der Waals surface area (Å²) in [7, 11) is 0. The van der Waals surface area contributed by atoms with Crippen LogP contribution in [0.2, 0.25) is 0 Å². The van der Waals surface area contributed by atoms with Gasteiger partial charge in [0.15, 0.2) is 5.82 Å². The summed E-state index contributed by atoms with van der Waals surface area (Å²) in [5.41, 5.74) is 3.76. The Hall–Kier alpha value is -3.22. The molecule has 27 heavy (non-hydrogen) atoms. The van der Waals surface area contributed by atoms with Crippen molar-refractivity contribution in [3.63, 3.8) is 0 Å². The topological polar surface area (TPSA) is 84.7 Å². The van der Waals surface area contributed by atoms with E-state index in [1.54, 1.807) is 4.68 Å². The van der Waals surface area contributed by atoms with Gasteiger partial charge in [-0.2, -0.15) is 4.68 Å². The van der Waals surface area contributed by atoms with Crippen LogP contribution in [0.15, 0.2) is 48.5 Å². The van der Waals surface area contributed by atoms with Gasteiger partial charge in [0.05, 0.1) is 12.2 Å². The Balaban J connectivity index is 1.59.